The third-order valence-corrected chi connectivity index (χ3v) is 10.7. The molecule has 0 aliphatic carbocycles. The van der Waals surface area contributed by atoms with Gasteiger partial charge in [-0.05, 0) is 42.7 Å². The van der Waals surface area contributed by atoms with E-state index in [0.717, 1.165) is 36.8 Å². The number of nitrogens with zero attached hydrogens (tertiary/aromatic N) is 4. The summed E-state index contributed by atoms with van der Waals surface area (Å²) in [6, 6.07) is 8.00. The number of alkyl halides is 3. The minimum atomic E-state index is -4.80. The van der Waals surface area contributed by atoms with Crippen molar-refractivity contribution in [2.24, 2.45) is 0 Å². The highest BCUT2D eigenvalue weighted by Crippen LogP contribution is 2.42. The molecule has 2 fully saturated rings. The van der Waals surface area contributed by atoms with Crippen LogP contribution in [-0.2, 0) is 22.4 Å². The number of anilines is 3. The molecular weight excluding hydrogens is 565 g/mol. The summed E-state index contributed by atoms with van der Waals surface area (Å²) in [6.07, 6.45) is -2.32. The summed E-state index contributed by atoms with van der Waals surface area (Å²) >= 11 is 0.692. The van der Waals surface area contributed by atoms with E-state index in [9.17, 15) is 26.4 Å². The van der Waals surface area contributed by atoms with Crippen LogP contribution < -0.4 is 15.5 Å². The fraction of sp³-hybridized carbons (Fsp3) is 0.423. The Balaban J connectivity index is 1.37. The number of carbonyl (C=O) groups is 1. The van der Waals surface area contributed by atoms with Gasteiger partial charge in [0, 0.05) is 56.3 Å². The second-order valence-electron chi connectivity index (χ2n) is 10.3. The van der Waals surface area contributed by atoms with Crippen molar-refractivity contribution in [3.8, 4) is 10.6 Å². The topological polar surface area (TPSA) is 108 Å². The lowest BCUT2D eigenvalue weighted by atomic mass is 10.1. The SMILES string of the molecule is CCc1cc(N2C[C@H]3C[C@@H]2CN3)ccc1Nc1ncc(C(F)(F)F)c(-c2cc3c(s2)C(=O)N(C)CCS3(=O)=O)n1. The van der Waals surface area contributed by atoms with Crippen LogP contribution in [0, 0.1) is 0 Å². The number of aryl methyl sites for hydroxylation is 1. The van der Waals surface area contributed by atoms with Crippen molar-refractivity contribution in [2.45, 2.75) is 42.9 Å². The normalized spacial score (nSPS) is 22.0. The molecule has 3 aliphatic heterocycles. The first-order chi connectivity index (χ1) is 18.9. The maximum atomic E-state index is 14.0. The van der Waals surface area contributed by atoms with Crippen LogP contribution in [0.3, 0.4) is 0 Å². The van der Waals surface area contributed by atoms with Crippen LogP contribution in [0.25, 0.3) is 10.6 Å². The summed E-state index contributed by atoms with van der Waals surface area (Å²) in [5, 5.41) is 6.54. The fourth-order valence-electron chi connectivity index (χ4n) is 5.52. The maximum absolute atomic E-state index is 14.0. The molecule has 9 nitrogen and oxygen atoms in total. The number of piperazine rings is 1. The Labute approximate surface area is 233 Å². The number of sulfone groups is 1. The van der Waals surface area contributed by atoms with E-state index in [2.05, 4.69) is 31.6 Å². The van der Waals surface area contributed by atoms with Crippen molar-refractivity contribution in [2.75, 3.05) is 42.7 Å². The van der Waals surface area contributed by atoms with Crippen LogP contribution in [0.4, 0.5) is 30.5 Å². The number of fused-ring (bicyclic) bond motifs is 3. The monoisotopic (exact) mass is 592 g/mol. The van der Waals surface area contributed by atoms with E-state index >= 15 is 0 Å². The number of benzene rings is 1. The molecule has 2 aromatic heterocycles. The average molecular weight is 593 g/mol. The molecule has 3 aliphatic rings. The van der Waals surface area contributed by atoms with Gasteiger partial charge in [0.1, 0.15) is 10.4 Å². The van der Waals surface area contributed by atoms with Gasteiger partial charge in [-0.25, -0.2) is 18.4 Å². The Kier molecular flexibility index (Phi) is 6.54. The van der Waals surface area contributed by atoms with Gasteiger partial charge in [0.2, 0.25) is 5.95 Å². The standard InChI is InChI=1S/C26H27F3N6O3S2/c1-3-14-8-16(35-13-15-9-17(35)11-30-15)4-5-19(14)32-25-31-12-18(26(27,28)29)22(33-25)20-10-21-23(39-20)24(36)34(2)6-7-40(21,37)38/h4-5,8,10,12,15,17,30H,3,6-7,9,11,13H2,1-2H3,(H,31,32,33)/t15-,17-/m1/s1. The molecule has 0 saturated carbocycles. The first-order valence-corrected chi connectivity index (χ1v) is 15.4. The van der Waals surface area contributed by atoms with Gasteiger partial charge >= 0.3 is 6.18 Å². The number of hydrogen-bond acceptors (Lipinski definition) is 9. The number of hydrogen-bond donors (Lipinski definition) is 2. The molecule has 212 valence electrons. The van der Waals surface area contributed by atoms with Gasteiger partial charge in [-0.3, -0.25) is 4.79 Å². The minimum Gasteiger partial charge on any atom is -0.366 e. The molecule has 14 heteroatoms. The van der Waals surface area contributed by atoms with Gasteiger partial charge in [-0.2, -0.15) is 13.2 Å². The van der Waals surface area contributed by atoms with Crippen molar-refractivity contribution >= 4 is 44.4 Å². The van der Waals surface area contributed by atoms with Crippen molar-refractivity contribution in [3.63, 3.8) is 0 Å². The van der Waals surface area contributed by atoms with E-state index < -0.39 is 33.2 Å². The second-order valence-corrected chi connectivity index (χ2v) is 13.4. The molecule has 1 aromatic carbocycles. The van der Waals surface area contributed by atoms with Gasteiger partial charge in [0.05, 0.1) is 21.2 Å². The highest BCUT2D eigenvalue weighted by molar-refractivity contribution is 7.91. The number of aromatic nitrogens is 2. The summed E-state index contributed by atoms with van der Waals surface area (Å²) in [6.45, 7) is 3.88. The smallest absolute Gasteiger partial charge is 0.366 e. The van der Waals surface area contributed by atoms with Gasteiger partial charge in [-0.1, -0.05) is 6.92 Å². The summed E-state index contributed by atoms with van der Waals surface area (Å²) in [4.78, 5) is 24.1. The lowest BCUT2D eigenvalue weighted by Gasteiger charge is -2.30. The van der Waals surface area contributed by atoms with Crippen LogP contribution in [0.15, 0.2) is 35.4 Å². The largest absolute Gasteiger partial charge is 0.420 e. The minimum absolute atomic E-state index is 0.00170. The Bertz CT molecular complexity index is 1610. The molecular formula is C26H27F3N6O3S2. The number of nitrogens with one attached hydrogen (secondary N) is 2. The van der Waals surface area contributed by atoms with E-state index in [0.29, 0.717) is 41.7 Å². The summed E-state index contributed by atoms with van der Waals surface area (Å²) < 4.78 is 67.6. The van der Waals surface area contributed by atoms with E-state index in [1.165, 1.54) is 11.9 Å². The zero-order chi connectivity index (χ0) is 28.4. The molecule has 2 atom stereocenters. The van der Waals surface area contributed by atoms with E-state index in [-0.39, 0.29) is 32.9 Å². The van der Waals surface area contributed by atoms with Crippen molar-refractivity contribution in [3.05, 3.63) is 46.5 Å². The van der Waals surface area contributed by atoms with Crippen LogP contribution in [0.2, 0.25) is 0 Å². The summed E-state index contributed by atoms with van der Waals surface area (Å²) in [5.74, 6) is -0.931. The third-order valence-electron chi connectivity index (χ3n) is 7.70. The predicted molar refractivity (Wildman–Crippen MR) is 146 cm³/mol. The van der Waals surface area contributed by atoms with E-state index in [4.69, 9.17) is 0 Å². The highest BCUT2D eigenvalue weighted by atomic mass is 32.2. The zero-order valence-corrected chi connectivity index (χ0v) is 23.4. The lowest BCUT2D eigenvalue weighted by Crippen LogP contribution is -2.43. The Hall–Kier alpha value is -3.23. The molecule has 40 heavy (non-hydrogen) atoms. The van der Waals surface area contributed by atoms with Gasteiger partial charge in [-0.15, -0.1) is 11.3 Å². The lowest BCUT2D eigenvalue weighted by molar-refractivity contribution is -0.137. The molecule has 5 heterocycles. The Morgan fingerprint density at radius 1 is 1.25 bits per heavy atom. The first-order valence-electron chi connectivity index (χ1n) is 12.9. The summed E-state index contributed by atoms with van der Waals surface area (Å²) in [5.41, 5.74) is 1.13. The summed E-state index contributed by atoms with van der Waals surface area (Å²) in [7, 11) is -2.40. The van der Waals surface area contributed by atoms with E-state index in [1.807, 2.05) is 19.1 Å². The van der Waals surface area contributed by atoms with Crippen LogP contribution in [0.5, 0.6) is 0 Å². The number of rotatable bonds is 5. The zero-order valence-electron chi connectivity index (χ0n) is 21.7. The number of carbonyl (C=O) groups excluding carboxylic acids is 1. The van der Waals surface area contributed by atoms with Gasteiger partial charge in [0.15, 0.2) is 9.84 Å². The molecule has 2 saturated heterocycles. The van der Waals surface area contributed by atoms with Crippen LogP contribution >= 0.6 is 11.3 Å². The number of amides is 1. The molecule has 0 spiro atoms. The van der Waals surface area contributed by atoms with E-state index in [1.54, 1.807) is 0 Å². The van der Waals surface area contributed by atoms with Gasteiger partial charge < -0.3 is 20.4 Å². The first kappa shape index (κ1) is 27.0. The predicted octanol–water partition coefficient (Wildman–Crippen LogP) is 3.94. The molecule has 0 radical (unpaired) electrons. The maximum Gasteiger partial charge on any atom is 0.420 e. The molecule has 0 unspecified atom stereocenters. The third kappa shape index (κ3) is 4.71. The molecule has 6 rings (SSSR count). The van der Waals surface area contributed by atoms with Crippen LogP contribution in [-0.4, -0.2) is 73.7 Å². The van der Waals surface area contributed by atoms with Crippen LogP contribution in [0.1, 0.15) is 34.1 Å². The Morgan fingerprint density at radius 2 is 2.05 bits per heavy atom. The quantitative estimate of drug-likeness (QED) is 0.459. The van der Waals surface area contributed by atoms with Crippen molar-refractivity contribution < 1.29 is 26.4 Å². The fourth-order valence-corrected chi connectivity index (χ4v) is 8.55. The highest BCUT2D eigenvalue weighted by Gasteiger charge is 2.39. The van der Waals surface area contributed by atoms with Crippen molar-refractivity contribution in [1.82, 2.24) is 20.2 Å². The Morgan fingerprint density at radius 3 is 2.73 bits per heavy atom. The average Bonchev–Trinajstić information content (AvgIpc) is 3.66. The van der Waals surface area contributed by atoms with Gasteiger partial charge in [0.25, 0.3) is 5.91 Å². The number of thiophene rings is 1. The molecule has 1 amide bonds. The van der Waals surface area contributed by atoms with Crippen molar-refractivity contribution in [1.29, 1.82) is 0 Å². The number of halogens is 3. The second kappa shape index (κ2) is 9.70. The molecule has 2 bridgehead atoms. The molecule has 2 N–H and O–H groups in total. The molecule has 3 aromatic rings.